The molecule has 0 aliphatic rings. The third kappa shape index (κ3) is 3.86. The van der Waals surface area contributed by atoms with Crippen LogP contribution in [-0.2, 0) is 12.8 Å². The molecule has 2 N–H and O–H groups in total. The van der Waals surface area contributed by atoms with Gasteiger partial charge in [0.05, 0.1) is 6.61 Å². The molecule has 2 heteroatoms. The average Bonchev–Trinajstić information content (AvgIpc) is 2.28. The van der Waals surface area contributed by atoms with Crippen LogP contribution in [0.25, 0.3) is 0 Å². The van der Waals surface area contributed by atoms with Crippen LogP contribution in [0.3, 0.4) is 0 Å². The van der Waals surface area contributed by atoms with E-state index in [4.69, 9.17) is 10.5 Å². The van der Waals surface area contributed by atoms with E-state index in [1.54, 1.807) is 0 Å². The standard InChI is InChI=1S/C14H23NO/c1-4-12-9-14(16-10-11(2)3)6-5-13(12)7-8-15/h5-6,9,11H,4,7-8,10,15H2,1-3H3. The van der Waals surface area contributed by atoms with Gasteiger partial charge >= 0.3 is 0 Å². The largest absolute Gasteiger partial charge is 0.493 e. The monoisotopic (exact) mass is 221 g/mol. The lowest BCUT2D eigenvalue weighted by Gasteiger charge is -2.12. The van der Waals surface area contributed by atoms with Crippen molar-refractivity contribution in [2.75, 3.05) is 13.2 Å². The first kappa shape index (κ1) is 13.0. The van der Waals surface area contributed by atoms with Crippen molar-refractivity contribution in [3.05, 3.63) is 29.3 Å². The molecule has 16 heavy (non-hydrogen) atoms. The van der Waals surface area contributed by atoms with Crippen molar-refractivity contribution in [3.8, 4) is 5.75 Å². The maximum Gasteiger partial charge on any atom is 0.119 e. The summed E-state index contributed by atoms with van der Waals surface area (Å²) in [5, 5.41) is 0. The Hall–Kier alpha value is -1.02. The van der Waals surface area contributed by atoms with E-state index in [0.717, 1.165) is 25.2 Å². The number of hydrogen-bond acceptors (Lipinski definition) is 2. The summed E-state index contributed by atoms with van der Waals surface area (Å²) in [4.78, 5) is 0. The number of hydrogen-bond donors (Lipinski definition) is 1. The zero-order chi connectivity index (χ0) is 12.0. The molecule has 1 aromatic carbocycles. The molecule has 0 heterocycles. The molecule has 0 amide bonds. The van der Waals surface area contributed by atoms with Crippen LogP contribution in [0.2, 0.25) is 0 Å². The molecule has 0 aliphatic heterocycles. The van der Waals surface area contributed by atoms with E-state index in [1.165, 1.54) is 11.1 Å². The molecule has 1 aromatic rings. The van der Waals surface area contributed by atoms with Gasteiger partial charge in [-0.15, -0.1) is 0 Å². The van der Waals surface area contributed by atoms with E-state index in [1.807, 2.05) is 6.07 Å². The molecule has 0 unspecified atom stereocenters. The summed E-state index contributed by atoms with van der Waals surface area (Å²) in [6.45, 7) is 7.97. The van der Waals surface area contributed by atoms with Crippen molar-refractivity contribution >= 4 is 0 Å². The second kappa shape index (κ2) is 6.54. The lowest BCUT2D eigenvalue weighted by molar-refractivity contribution is 0.271. The molecule has 0 saturated carbocycles. The first-order chi connectivity index (χ1) is 7.67. The van der Waals surface area contributed by atoms with E-state index in [0.29, 0.717) is 12.5 Å². The highest BCUT2D eigenvalue weighted by Gasteiger charge is 2.03. The fraction of sp³-hybridized carbons (Fsp3) is 0.571. The molecule has 0 radical (unpaired) electrons. The molecule has 0 atom stereocenters. The zero-order valence-electron chi connectivity index (χ0n) is 10.6. The van der Waals surface area contributed by atoms with Gasteiger partial charge in [-0.25, -0.2) is 0 Å². The second-order valence-electron chi connectivity index (χ2n) is 4.53. The number of rotatable bonds is 6. The third-order valence-corrected chi connectivity index (χ3v) is 2.56. The van der Waals surface area contributed by atoms with Crippen LogP contribution in [0.15, 0.2) is 18.2 Å². The maximum absolute atomic E-state index is 5.71. The average molecular weight is 221 g/mol. The molecule has 90 valence electrons. The van der Waals surface area contributed by atoms with Gasteiger partial charge in [-0.2, -0.15) is 0 Å². The predicted molar refractivity (Wildman–Crippen MR) is 68.9 cm³/mol. The van der Waals surface area contributed by atoms with Gasteiger partial charge in [0.1, 0.15) is 5.75 Å². The Kier molecular flexibility index (Phi) is 5.33. The van der Waals surface area contributed by atoms with Crippen LogP contribution >= 0.6 is 0 Å². The molecule has 0 fully saturated rings. The van der Waals surface area contributed by atoms with Crippen LogP contribution < -0.4 is 10.5 Å². The first-order valence-electron chi connectivity index (χ1n) is 6.12. The van der Waals surface area contributed by atoms with Crippen molar-refractivity contribution < 1.29 is 4.74 Å². The number of ether oxygens (including phenoxy) is 1. The smallest absolute Gasteiger partial charge is 0.119 e. The molecule has 1 rings (SSSR count). The van der Waals surface area contributed by atoms with E-state index >= 15 is 0 Å². The van der Waals surface area contributed by atoms with Gasteiger partial charge in [0, 0.05) is 0 Å². The summed E-state index contributed by atoms with van der Waals surface area (Å²) in [6.07, 6.45) is 1.99. The fourth-order valence-electron chi connectivity index (χ4n) is 1.68. The summed E-state index contributed by atoms with van der Waals surface area (Å²) >= 11 is 0. The normalized spacial score (nSPS) is 10.8. The Morgan fingerprint density at radius 1 is 1.25 bits per heavy atom. The van der Waals surface area contributed by atoms with E-state index < -0.39 is 0 Å². The molecule has 0 bridgehead atoms. The summed E-state index contributed by atoms with van der Waals surface area (Å²) in [6, 6.07) is 6.33. The minimum atomic E-state index is 0.564. The first-order valence-corrected chi connectivity index (χ1v) is 6.12. The maximum atomic E-state index is 5.71. The molecule has 0 spiro atoms. The van der Waals surface area contributed by atoms with Gasteiger partial charge < -0.3 is 10.5 Å². The third-order valence-electron chi connectivity index (χ3n) is 2.56. The minimum absolute atomic E-state index is 0.564. The van der Waals surface area contributed by atoms with Crippen molar-refractivity contribution in [2.24, 2.45) is 11.7 Å². The number of aryl methyl sites for hydroxylation is 1. The van der Waals surface area contributed by atoms with Gasteiger partial charge in [0.15, 0.2) is 0 Å². The van der Waals surface area contributed by atoms with Crippen LogP contribution in [0.5, 0.6) is 5.75 Å². The Morgan fingerprint density at radius 3 is 2.56 bits per heavy atom. The summed E-state index contributed by atoms with van der Waals surface area (Å²) in [5.74, 6) is 1.54. The second-order valence-corrected chi connectivity index (χ2v) is 4.53. The highest BCUT2D eigenvalue weighted by molar-refractivity contribution is 5.36. The van der Waals surface area contributed by atoms with Crippen LogP contribution in [0.1, 0.15) is 31.9 Å². The zero-order valence-corrected chi connectivity index (χ0v) is 10.6. The SMILES string of the molecule is CCc1cc(OCC(C)C)ccc1CCN. The number of nitrogens with two attached hydrogens (primary N) is 1. The van der Waals surface area contributed by atoms with Crippen molar-refractivity contribution in [2.45, 2.75) is 33.6 Å². The molecule has 2 nitrogen and oxygen atoms in total. The van der Waals surface area contributed by atoms with Gasteiger partial charge in [0.25, 0.3) is 0 Å². The Labute approximate surface area is 98.8 Å². The van der Waals surface area contributed by atoms with Crippen LogP contribution in [-0.4, -0.2) is 13.2 Å². The van der Waals surface area contributed by atoms with Gasteiger partial charge in [-0.1, -0.05) is 26.8 Å². The van der Waals surface area contributed by atoms with Crippen LogP contribution in [0.4, 0.5) is 0 Å². The lowest BCUT2D eigenvalue weighted by Crippen LogP contribution is -2.07. The van der Waals surface area contributed by atoms with Gasteiger partial charge in [-0.05, 0) is 48.6 Å². The van der Waals surface area contributed by atoms with E-state index in [-0.39, 0.29) is 0 Å². The van der Waals surface area contributed by atoms with Gasteiger partial charge in [0.2, 0.25) is 0 Å². The molecule has 0 aliphatic carbocycles. The Balaban J connectivity index is 2.74. The molecule has 0 aromatic heterocycles. The quantitative estimate of drug-likeness (QED) is 0.801. The topological polar surface area (TPSA) is 35.2 Å². The highest BCUT2D eigenvalue weighted by Crippen LogP contribution is 2.19. The highest BCUT2D eigenvalue weighted by atomic mass is 16.5. The lowest BCUT2D eigenvalue weighted by atomic mass is 10.0. The van der Waals surface area contributed by atoms with Crippen LogP contribution in [0, 0.1) is 5.92 Å². The minimum Gasteiger partial charge on any atom is -0.493 e. The van der Waals surface area contributed by atoms with Gasteiger partial charge in [-0.3, -0.25) is 0 Å². The number of benzene rings is 1. The summed E-state index contributed by atoms with van der Waals surface area (Å²) < 4.78 is 5.71. The summed E-state index contributed by atoms with van der Waals surface area (Å²) in [5.41, 5.74) is 8.29. The summed E-state index contributed by atoms with van der Waals surface area (Å²) in [7, 11) is 0. The van der Waals surface area contributed by atoms with Crippen molar-refractivity contribution in [1.29, 1.82) is 0 Å². The predicted octanol–water partition coefficient (Wildman–Crippen LogP) is 2.79. The van der Waals surface area contributed by atoms with E-state index in [9.17, 15) is 0 Å². The Bertz CT molecular complexity index is 321. The van der Waals surface area contributed by atoms with E-state index in [2.05, 4.69) is 32.9 Å². The molecule has 0 saturated heterocycles. The van der Waals surface area contributed by atoms with Crippen molar-refractivity contribution in [1.82, 2.24) is 0 Å². The van der Waals surface area contributed by atoms with Crippen molar-refractivity contribution in [3.63, 3.8) is 0 Å². The Morgan fingerprint density at radius 2 is 2.00 bits per heavy atom. The fourth-order valence-corrected chi connectivity index (χ4v) is 1.68. The molecular formula is C14H23NO. The molecular weight excluding hydrogens is 198 g/mol.